The number of likely N-dealkylation sites (tertiary alicyclic amines) is 1. The molecule has 6 heteroatoms. The zero-order chi connectivity index (χ0) is 20.6. The Kier molecular flexibility index (Phi) is 5.21. The average molecular weight is 423 g/mol. The highest BCUT2D eigenvalue weighted by atomic mass is 32.2. The van der Waals surface area contributed by atoms with Gasteiger partial charge in [0.05, 0.1) is 22.3 Å². The number of ether oxygens (including phenoxy) is 1. The van der Waals surface area contributed by atoms with E-state index in [1.54, 1.807) is 18.3 Å². The first-order chi connectivity index (χ1) is 14.6. The molecule has 0 spiro atoms. The summed E-state index contributed by atoms with van der Waals surface area (Å²) in [7, 11) is -3.38. The van der Waals surface area contributed by atoms with Crippen molar-refractivity contribution in [1.82, 2.24) is 9.88 Å². The summed E-state index contributed by atoms with van der Waals surface area (Å²) in [5.74, 6) is 1.26. The Morgan fingerprint density at radius 3 is 2.60 bits per heavy atom. The van der Waals surface area contributed by atoms with Gasteiger partial charge in [0, 0.05) is 24.7 Å². The van der Waals surface area contributed by atoms with Crippen molar-refractivity contribution in [2.24, 2.45) is 5.92 Å². The van der Waals surface area contributed by atoms with Crippen molar-refractivity contribution >= 4 is 20.7 Å². The Bertz CT molecular complexity index is 1140. The number of aromatic nitrogens is 1. The molecule has 5 rings (SSSR count). The number of hydrogen-bond donors (Lipinski definition) is 0. The van der Waals surface area contributed by atoms with Crippen molar-refractivity contribution in [3.8, 4) is 5.75 Å². The second-order valence-corrected chi connectivity index (χ2v) is 10.5. The molecule has 2 heterocycles. The fourth-order valence-corrected chi connectivity index (χ4v) is 6.05. The Morgan fingerprint density at radius 1 is 1.00 bits per heavy atom. The zero-order valence-corrected chi connectivity index (χ0v) is 17.7. The van der Waals surface area contributed by atoms with Crippen LogP contribution in [0.1, 0.15) is 24.8 Å². The van der Waals surface area contributed by atoms with Gasteiger partial charge < -0.3 is 4.74 Å². The molecule has 2 aliphatic rings. The number of fused-ring (bicyclic) bond motifs is 1. The molecule has 1 atom stereocenters. The third-order valence-electron chi connectivity index (χ3n) is 5.91. The molecule has 1 saturated carbocycles. The van der Waals surface area contributed by atoms with E-state index in [0.717, 1.165) is 50.0 Å². The van der Waals surface area contributed by atoms with Gasteiger partial charge >= 0.3 is 0 Å². The van der Waals surface area contributed by atoms with E-state index in [1.165, 1.54) is 5.56 Å². The number of para-hydroxylation sites is 1. The summed E-state index contributed by atoms with van der Waals surface area (Å²) < 4.78 is 32.1. The second-order valence-electron chi connectivity index (χ2n) is 8.46. The molecule has 1 aromatic heterocycles. The van der Waals surface area contributed by atoms with E-state index < -0.39 is 9.84 Å². The van der Waals surface area contributed by atoms with Crippen LogP contribution < -0.4 is 4.74 Å². The van der Waals surface area contributed by atoms with E-state index >= 15 is 0 Å². The van der Waals surface area contributed by atoms with Crippen LogP contribution in [-0.2, 0) is 16.4 Å². The molecule has 0 N–H and O–H groups in total. The highest BCUT2D eigenvalue weighted by Crippen LogP contribution is 2.28. The van der Waals surface area contributed by atoms with Crippen LogP contribution in [0, 0.1) is 5.92 Å². The third kappa shape index (κ3) is 4.35. The number of rotatable bonds is 7. The van der Waals surface area contributed by atoms with Crippen LogP contribution in [-0.4, -0.2) is 43.2 Å². The maximum Gasteiger partial charge on any atom is 0.180 e. The largest absolute Gasteiger partial charge is 0.490 e. The Labute approximate surface area is 177 Å². The van der Waals surface area contributed by atoms with Crippen LogP contribution in [0.3, 0.4) is 0 Å². The molecule has 1 aliphatic heterocycles. The summed E-state index contributed by atoms with van der Waals surface area (Å²) >= 11 is 0. The quantitative estimate of drug-likeness (QED) is 0.574. The van der Waals surface area contributed by atoms with Gasteiger partial charge in [-0.05, 0) is 61.6 Å². The highest BCUT2D eigenvalue weighted by molar-refractivity contribution is 7.91. The van der Waals surface area contributed by atoms with Crippen molar-refractivity contribution < 1.29 is 13.2 Å². The van der Waals surface area contributed by atoms with E-state index in [0.29, 0.717) is 16.5 Å². The predicted molar refractivity (Wildman–Crippen MR) is 117 cm³/mol. The lowest BCUT2D eigenvalue weighted by molar-refractivity contribution is 0.302. The molecule has 3 aromatic rings. The molecule has 156 valence electrons. The van der Waals surface area contributed by atoms with Crippen LogP contribution >= 0.6 is 0 Å². The van der Waals surface area contributed by atoms with Crippen LogP contribution in [0.4, 0.5) is 0 Å². The Morgan fingerprint density at radius 2 is 1.80 bits per heavy atom. The van der Waals surface area contributed by atoms with Crippen molar-refractivity contribution in [3.05, 3.63) is 66.4 Å². The van der Waals surface area contributed by atoms with Crippen molar-refractivity contribution in [2.75, 3.05) is 18.8 Å². The van der Waals surface area contributed by atoms with Gasteiger partial charge in [-0.3, -0.25) is 9.88 Å². The molecule has 30 heavy (non-hydrogen) atoms. The highest BCUT2D eigenvalue weighted by Gasteiger charge is 2.29. The lowest BCUT2D eigenvalue weighted by atomic mass is 10.1. The molecule has 2 aromatic carbocycles. The lowest BCUT2D eigenvalue weighted by Crippen LogP contribution is -2.23. The van der Waals surface area contributed by atoms with Crippen LogP contribution in [0.5, 0.6) is 5.75 Å². The van der Waals surface area contributed by atoms with Gasteiger partial charge in [-0.1, -0.05) is 30.3 Å². The van der Waals surface area contributed by atoms with Gasteiger partial charge in [0.1, 0.15) is 5.75 Å². The molecule has 0 radical (unpaired) electrons. The minimum atomic E-state index is -3.38. The predicted octanol–water partition coefficient (Wildman–Crippen LogP) is 4.07. The van der Waals surface area contributed by atoms with Crippen LogP contribution in [0.2, 0.25) is 0 Å². The summed E-state index contributed by atoms with van der Waals surface area (Å²) in [6.07, 6.45) is 5.29. The first-order valence-electron chi connectivity index (χ1n) is 10.6. The van der Waals surface area contributed by atoms with E-state index in [9.17, 15) is 8.42 Å². The molecular formula is C24H26N2O3S. The summed E-state index contributed by atoms with van der Waals surface area (Å²) in [5, 5.41) is 0.862. The van der Waals surface area contributed by atoms with Gasteiger partial charge in [-0.25, -0.2) is 8.42 Å². The van der Waals surface area contributed by atoms with E-state index in [2.05, 4.69) is 22.0 Å². The summed E-state index contributed by atoms with van der Waals surface area (Å²) in [6, 6.07) is 17.4. The minimum absolute atomic E-state index is 0.145. The van der Waals surface area contributed by atoms with Gasteiger partial charge in [0.2, 0.25) is 0 Å². The van der Waals surface area contributed by atoms with Gasteiger partial charge in [0.25, 0.3) is 0 Å². The number of hydrogen-bond acceptors (Lipinski definition) is 5. The zero-order valence-electron chi connectivity index (χ0n) is 16.9. The molecule has 1 saturated heterocycles. The molecule has 1 aliphatic carbocycles. The van der Waals surface area contributed by atoms with Gasteiger partial charge in [-0.2, -0.15) is 0 Å². The molecular weight excluding hydrogens is 396 g/mol. The fourth-order valence-electron chi connectivity index (χ4n) is 4.23. The maximum absolute atomic E-state index is 13.1. The maximum atomic E-state index is 13.1. The molecule has 2 fully saturated rings. The van der Waals surface area contributed by atoms with Crippen LogP contribution in [0.25, 0.3) is 10.9 Å². The molecule has 0 unspecified atom stereocenters. The number of nitrogens with zero attached hydrogens (tertiary/aromatic N) is 2. The topological polar surface area (TPSA) is 59.5 Å². The van der Waals surface area contributed by atoms with Crippen molar-refractivity contribution in [2.45, 2.75) is 36.8 Å². The van der Waals surface area contributed by atoms with Crippen molar-refractivity contribution in [1.29, 1.82) is 0 Å². The van der Waals surface area contributed by atoms with Crippen molar-refractivity contribution in [3.63, 3.8) is 0 Å². The Hall–Kier alpha value is -2.44. The first kappa shape index (κ1) is 19.5. The number of benzene rings is 2. The molecule has 0 amide bonds. The van der Waals surface area contributed by atoms with Gasteiger partial charge in [-0.15, -0.1) is 0 Å². The van der Waals surface area contributed by atoms with E-state index in [1.807, 2.05) is 30.3 Å². The smallest absolute Gasteiger partial charge is 0.180 e. The fraction of sp³-hybridized carbons (Fsp3) is 0.375. The number of sulfone groups is 1. The second kappa shape index (κ2) is 8.00. The normalized spacial score (nSPS) is 19.9. The monoisotopic (exact) mass is 422 g/mol. The summed E-state index contributed by atoms with van der Waals surface area (Å²) in [4.78, 5) is 7.02. The van der Waals surface area contributed by atoms with Gasteiger partial charge in [0.15, 0.2) is 9.84 Å². The lowest BCUT2D eigenvalue weighted by Gasteiger charge is -2.17. The average Bonchev–Trinajstić information content (AvgIpc) is 3.46. The first-order valence-corrected chi connectivity index (χ1v) is 12.3. The van der Waals surface area contributed by atoms with E-state index in [4.69, 9.17) is 4.74 Å². The minimum Gasteiger partial charge on any atom is -0.490 e. The van der Waals surface area contributed by atoms with E-state index in [-0.39, 0.29) is 11.7 Å². The number of pyridine rings is 1. The third-order valence-corrected chi connectivity index (χ3v) is 7.82. The molecule has 5 nitrogen and oxygen atoms in total. The SMILES string of the molecule is O=S(=O)(C[C@@H]1CCN(Cc2ccc(OC3CC3)cc2)C1)c1cccc2cccnc12. The van der Waals surface area contributed by atoms with Crippen LogP contribution in [0.15, 0.2) is 65.7 Å². The summed E-state index contributed by atoms with van der Waals surface area (Å²) in [6.45, 7) is 2.57. The standard InChI is InChI=1S/C24H26N2O3S/c27-30(28,23-5-1-3-20-4-2-13-25-24(20)23)17-19-12-14-26(16-19)15-18-6-8-21(9-7-18)29-22-10-11-22/h1-9,13,19,22H,10-12,14-17H2/t19-/m1/s1. The molecule has 0 bridgehead atoms. The Balaban J connectivity index is 1.22. The summed E-state index contributed by atoms with van der Waals surface area (Å²) in [5.41, 5.74) is 1.81.